The van der Waals surface area contributed by atoms with Gasteiger partial charge in [-0.1, -0.05) is 11.6 Å². The van der Waals surface area contributed by atoms with Crippen LogP contribution in [0.5, 0.6) is 0 Å². The second-order valence-electron chi connectivity index (χ2n) is 5.44. The Balaban J connectivity index is 1.88. The van der Waals surface area contributed by atoms with Crippen LogP contribution in [-0.4, -0.2) is 35.6 Å². The highest BCUT2D eigenvalue weighted by Gasteiger charge is 2.29. The molecular formula is C15H18ClN3O3S. The van der Waals surface area contributed by atoms with E-state index in [9.17, 15) is 14.4 Å². The van der Waals surface area contributed by atoms with E-state index in [2.05, 4.69) is 16.0 Å². The van der Waals surface area contributed by atoms with Crippen molar-refractivity contribution in [3.8, 4) is 0 Å². The van der Waals surface area contributed by atoms with Gasteiger partial charge in [-0.05, 0) is 32.0 Å². The summed E-state index contributed by atoms with van der Waals surface area (Å²) in [5.74, 6) is -0.838. The van der Waals surface area contributed by atoms with E-state index in [-0.39, 0.29) is 36.7 Å². The van der Waals surface area contributed by atoms with E-state index in [0.717, 1.165) is 4.90 Å². The van der Waals surface area contributed by atoms with E-state index in [4.69, 9.17) is 11.6 Å². The van der Waals surface area contributed by atoms with Crippen LogP contribution in [0, 0.1) is 0 Å². The lowest BCUT2D eigenvalue weighted by Gasteiger charge is -2.23. The lowest BCUT2D eigenvalue weighted by atomic mass is 10.2. The van der Waals surface area contributed by atoms with Crippen molar-refractivity contribution in [2.45, 2.75) is 36.5 Å². The Labute approximate surface area is 143 Å². The number of carbonyl (C=O) groups is 3. The van der Waals surface area contributed by atoms with Gasteiger partial charge >= 0.3 is 0 Å². The molecule has 0 saturated heterocycles. The summed E-state index contributed by atoms with van der Waals surface area (Å²) in [6, 6.07) is 5.23. The smallest absolute Gasteiger partial charge is 0.239 e. The van der Waals surface area contributed by atoms with Crippen molar-refractivity contribution in [3.05, 3.63) is 23.2 Å². The molecule has 124 valence electrons. The standard InChI is InChI=1S/C15H18ClN3O3S/c1-8(2)18-14(21)7-17-13(20)6-12-15(22)19-10-5-9(16)3-4-11(10)23-12/h3-5,8,12H,6-7H2,1-2H3,(H,17,20)(H,18,21)(H,19,22)/t12-/m1/s1. The molecule has 1 aromatic rings. The monoisotopic (exact) mass is 355 g/mol. The third-order valence-corrected chi connectivity index (χ3v) is 4.54. The fourth-order valence-corrected chi connectivity index (χ4v) is 3.31. The SMILES string of the molecule is CC(C)NC(=O)CNC(=O)C[C@H]1Sc2ccc(Cl)cc2NC1=O. The summed E-state index contributed by atoms with van der Waals surface area (Å²) in [4.78, 5) is 36.3. The first kappa shape index (κ1) is 17.6. The molecule has 2 rings (SSSR count). The summed E-state index contributed by atoms with van der Waals surface area (Å²) in [5, 5.41) is 7.95. The summed E-state index contributed by atoms with van der Waals surface area (Å²) in [6.07, 6.45) is 0.00747. The Hall–Kier alpha value is -1.73. The summed E-state index contributed by atoms with van der Waals surface area (Å²) in [7, 11) is 0. The highest BCUT2D eigenvalue weighted by atomic mass is 35.5. The van der Waals surface area contributed by atoms with E-state index in [1.807, 2.05) is 19.9 Å². The van der Waals surface area contributed by atoms with E-state index in [1.165, 1.54) is 11.8 Å². The average molecular weight is 356 g/mol. The number of thioether (sulfide) groups is 1. The summed E-state index contributed by atoms with van der Waals surface area (Å²) in [5.41, 5.74) is 0.653. The van der Waals surface area contributed by atoms with Gasteiger partial charge in [0.1, 0.15) is 0 Å². The first-order valence-electron chi connectivity index (χ1n) is 7.18. The first-order chi connectivity index (χ1) is 10.8. The number of rotatable bonds is 5. The maximum atomic E-state index is 12.1. The van der Waals surface area contributed by atoms with Crippen LogP contribution in [0.3, 0.4) is 0 Å². The number of hydrogen-bond acceptors (Lipinski definition) is 4. The molecule has 1 aliphatic rings. The van der Waals surface area contributed by atoms with Crippen LogP contribution in [0.4, 0.5) is 5.69 Å². The van der Waals surface area contributed by atoms with Crippen molar-refractivity contribution in [2.24, 2.45) is 0 Å². The van der Waals surface area contributed by atoms with Crippen LogP contribution in [0.2, 0.25) is 5.02 Å². The zero-order valence-electron chi connectivity index (χ0n) is 12.8. The Morgan fingerprint density at radius 3 is 2.78 bits per heavy atom. The van der Waals surface area contributed by atoms with Crippen LogP contribution >= 0.6 is 23.4 Å². The number of fused-ring (bicyclic) bond motifs is 1. The number of carbonyl (C=O) groups excluding carboxylic acids is 3. The van der Waals surface area contributed by atoms with Gasteiger partial charge in [0.15, 0.2) is 0 Å². The maximum absolute atomic E-state index is 12.1. The van der Waals surface area contributed by atoms with E-state index in [1.54, 1.807) is 12.1 Å². The molecule has 0 saturated carbocycles. The zero-order valence-corrected chi connectivity index (χ0v) is 14.4. The zero-order chi connectivity index (χ0) is 17.0. The van der Waals surface area contributed by atoms with Gasteiger partial charge in [-0.2, -0.15) is 0 Å². The molecular weight excluding hydrogens is 338 g/mol. The molecule has 1 aliphatic heterocycles. The quantitative estimate of drug-likeness (QED) is 0.751. The minimum Gasteiger partial charge on any atom is -0.352 e. The van der Waals surface area contributed by atoms with Crippen LogP contribution in [-0.2, 0) is 14.4 Å². The van der Waals surface area contributed by atoms with E-state index >= 15 is 0 Å². The molecule has 3 amide bonds. The van der Waals surface area contributed by atoms with Gasteiger partial charge in [0, 0.05) is 22.4 Å². The van der Waals surface area contributed by atoms with Crippen molar-refractivity contribution in [1.82, 2.24) is 10.6 Å². The summed E-state index contributed by atoms with van der Waals surface area (Å²) >= 11 is 7.20. The number of anilines is 1. The number of hydrogen-bond donors (Lipinski definition) is 3. The molecule has 3 N–H and O–H groups in total. The molecule has 0 radical (unpaired) electrons. The van der Waals surface area contributed by atoms with E-state index in [0.29, 0.717) is 10.7 Å². The highest BCUT2D eigenvalue weighted by Crippen LogP contribution is 2.38. The van der Waals surface area contributed by atoms with Crippen LogP contribution in [0.25, 0.3) is 0 Å². The molecule has 1 aromatic carbocycles. The Morgan fingerprint density at radius 2 is 2.09 bits per heavy atom. The number of benzene rings is 1. The van der Waals surface area contributed by atoms with Crippen molar-refractivity contribution in [3.63, 3.8) is 0 Å². The molecule has 0 spiro atoms. The average Bonchev–Trinajstić information content (AvgIpc) is 2.45. The van der Waals surface area contributed by atoms with Gasteiger partial charge in [-0.3, -0.25) is 14.4 Å². The van der Waals surface area contributed by atoms with Crippen LogP contribution < -0.4 is 16.0 Å². The predicted molar refractivity (Wildman–Crippen MR) is 90.6 cm³/mol. The molecule has 0 bridgehead atoms. The highest BCUT2D eigenvalue weighted by molar-refractivity contribution is 8.01. The number of nitrogens with one attached hydrogen (secondary N) is 3. The third kappa shape index (κ3) is 5.14. The van der Waals surface area contributed by atoms with Gasteiger partial charge in [0.2, 0.25) is 17.7 Å². The van der Waals surface area contributed by atoms with Crippen LogP contribution in [0.1, 0.15) is 20.3 Å². The molecule has 8 heteroatoms. The number of halogens is 1. The van der Waals surface area contributed by atoms with E-state index < -0.39 is 5.25 Å². The van der Waals surface area contributed by atoms with Gasteiger partial charge in [-0.15, -0.1) is 11.8 Å². The van der Waals surface area contributed by atoms with Gasteiger partial charge in [0.05, 0.1) is 17.5 Å². The molecule has 0 unspecified atom stereocenters. The topological polar surface area (TPSA) is 87.3 Å². The second kappa shape index (κ2) is 7.70. The summed E-state index contributed by atoms with van der Waals surface area (Å²) < 4.78 is 0. The van der Waals surface area contributed by atoms with Gasteiger partial charge < -0.3 is 16.0 Å². The Kier molecular flexibility index (Phi) is 5.90. The minimum atomic E-state index is -0.531. The second-order valence-corrected chi connectivity index (χ2v) is 7.12. The Morgan fingerprint density at radius 1 is 1.35 bits per heavy atom. The minimum absolute atomic E-state index is 0.00747. The molecule has 0 aromatic heterocycles. The van der Waals surface area contributed by atoms with Gasteiger partial charge in [0.25, 0.3) is 0 Å². The van der Waals surface area contributed by atoms with Crippen molar-refractivity contribution in [1.29, 1.82) is 0 Å². The molecule has 1 heterocycles. The molecule has 0 fully saturated rings. The van der Waals surface area contributed by atoms with Crippen molar-refractivity contribution in [2.75, 3.05) is 11.9 Å². The first-order valence-corrected chi connectivity index (χ1v) is 8.44. The normalized spacial score (nSPS) is 16.5. The lowest BCUT2D eigenvalue weighted by molar-refractivity contribution is -0.127. The molecule has 6 nitrogen and oxygen atoms in total. The van der Waals surface area contributed by atoms with Crippen molar-refractivity contribution < 1.29 is 14.4 Å². The fraction of sp³-hybridized carbons (Fsp3) is 0.400. The fourth-order valence-electron chi connectivity index (χ4n) is 2.05. The third-order valence-electron chi connectivity index (χ3n) is 3.03. The number of amides is 3. The molecule has 23 heavy (non-hydrogen) atoms. The lowest BCUT2D eigenvalue weighted by Crippen LogP contribution is -2.41. The van der Waals surface area contributed by atoms with Gasteiger partial charge in [-0.25, -0.2) is 0 Å². The molecule has 0 aliphatic carbocycles. The van der Waals surface area contributed by atoms with Crippen molar-refractivity contribution >= 4 is 46.8 Å². The predicted octanol–water partition coefficient (Wildman–Crippen LogP) is 1.78. The van der Waals surface area contributed by atoms with Crippen LogP contribution in [0.15, 0.2) is 23.1 Å². The maximum Gasteiger partial charge on any atom is 0.239 e. The molecule has 1 atom stereocenters. The Bertz CT molecular complexity index is 636. The largest absolute Gasteiger partial charge is 0.352 e. The summed E-state index contributed by atoms with van der Waals surface area (Å²) in [6.45, 7) is 3.58.